The first kappa shape index (κ1) is 17.5. The molecule has 0 aromatic carbocycles. The van der Waals surface area contributed by atoms with Crippen molar-refractivity contribution in [2.24, 2.45) is 11.8 Å². The summed E-state index contributed by atoms with van der Waals surface area (Å²) >= 11 is 0. The molecule has 3 aliphatic rings. The first-order valence-electron chi connectivity index (χ1n) is 9.34. The Morgan fingerprint density at radius 1 is 1.38 bits per heavy atom. The molecule has 2 unspecified atom stereocenters. The number of piperidine rings is 1. The van der Waals surface area contributed by atoms with E-state index in [1.807, 2.05) is 16.8 Å². The Morgan fingerprint density at radius 2 is 2.15 bits per heavy atom. The number of methoxy groups -OCH3 is 1. The zero-order chi connectivity index (χ0) is 18.3. The molecule has 8 nitrogen and oxygen atoms in total. The van der Waals surface area contributed by atoms with Gasteiger partial charge in [-0.3, -0.25) is 19.6 Å². The van der Waals surface area contributed by atoms with Crippen LogP contribution >= 0.6 is 0 Å². The highest BCUT2D eigenvalue weighted by molar-refractivity contribution is 5.92. The fraction of sp³-hybridized carbons (Fsp3) is 0.722. The number of aromatic nitrogens is 2. The number of H-pyrrole nitrogens is 1. The van der Waals surface area contributed by atoms with Gasteiger partial charge in [0.25, 0.3) is 5.91 Å². The minimum absolute atomic E-state index is 0.00554. The van der Waals surface area contributed by atoms with Crippen LogP contribution in [0.3, 0.4) is 0 Å². The molecular weight excluding hydrogens is 334 g/mol. The summed E-state index contributed by atoms with van der Waals surface area (Å²) in [5, 5.41) is 6.62. The van der Waals surface area contributed by atoms with Gasteiger partial charge >= 0.3 is 0 Å². The van der Waals surface area contributed by atoms with Gasteiger partial charge in [0.2, 0.25) is 5.91 Å². The monoisotopic (exact) mass is 361 g/mol. The zero-order valence-electron chi connectivity index (χ0n) is 15.5. The van der Waals surface area contributed by atoms with Gasteiger partial charge < -0.3 is 14.5 Å². The van der Waals surface area contributed by atoms with Crippen molar-refractivity contribution in [2.45, 2.75) is 18.4 Å². The van der Waals surface area contributed by atoms with Crippen molar-refractivity contribution < 1.29 is 14.3 Å². The third-order valence-electron chi connectivity index (χ3n) is 6.66. The molecule has 3 fully saturated rings. The van der Waals surface area contributed by atoms with E-state index in [2.05, 4.69) is 15.1 Å². The lowest BCUT2D eigenvalue weighted by molar-refractivity contribution is -0.133. The van der Waals surface area contributed by atoms with Crippen LogP contribution in [0.4, 0.5) is 0 Å². The summed E-state index contributed by atoms with van der Waals surface area (Å²) in [5.74, 6) is 0.699. The lowest BCUT2D eigenvalue weighted by atomic mass is 9.75. The van der Waals surface area contributed by atoms with Crippen molar-refractivity contribution in [3.63, 3.8) is 0 Å². The number of hydrogen-bond donors (Lipinski definition) is 1. The zero-order valence-corrected chi connectivity index (χ0v) is 15.5. The fourth-order valence-corrected chi connectivity index (χ4v) is 5.15. The Balaban J connectivity index is 1.46. The van der Waals surface area contributed by atoms with E-state index in [9.17, 15) is 9.59 Å². The third kappa shape index (κ3) is 2.63. The van der Waals surface area contributed by atoms with Crippen molar-refractivity contribution in [3.8, 4) is 0 Å². The summed E-state index contributed by atoms with van der Waals surface area (Å²) in [7, 11) is 3.66. The van der Waals surface area contributed by atoms with E-state index in [0.29, 0.717) is 31.3 Å². The number of aromatic amines is 1. The molecule has 142 valence electrons. The summed E-state index contributed by atoms with van der Waals surface area (Å²) in [4.78, 5) is 31.6. The molecule has 1 aromatic rings. The standard InChI is InChI=1S/C18H27N5O3/c1-21-16(24)13-11-22(9-10-26-2)12-14(13)18(21)4-7-23(8-5-18)17(25)15-3-6-19-20-15/h3,6,13-14H,4-5,7-12H2,1-2H3,(H,19,20). The highest BCUT2D eigenvalue weighted by Gasteiger charge is 2.60. The molecule has 3 aliphatic heterocycles. The molecule has 0 radical (unpaired) electrons. The van der Waals surface area contributed by atoms with Crippen LogP contribution in [-0.4, -0.2) is 95.7 Å². The Hall–Kier alpha value is -1.93. The second-order valence-corrected chi connectivity index (χ2v) is 7.73. The average Bonchev–Trinajstić information content (AvgIpc) is 3.37. The molecule has 0 saturated carbocycles. The predicted octanol–water partition coefficient (Wildman–Crippen LogP) is 0.0509. The van der Waals surface area contributed by atoms with Crippen LogP contribution in [0.15, 0.2) is 12.3 Å². The van der Waals surface area contributed by atoms with E-state index in [-0.39, 0.29) is 23.3 Å². The first-order chi connectivity index (χ1) is 12.6. The molecule has 4 heterocycles. The number of amides is 2. The molecule has 1 aromatic heterocycles. The molecule has 0 aliphatic carbocycles. The molecule has 0 bridgehead atoms. The van der Waals surface area contributed by atoms with E-state index in [0.717, 1.165) is 32.5 Å². The van der Waals surface area contributed by atoms with Gasteiger partial charge in [0.15, 0.2) is 0 Å². The minimum atomic E-state index is -0.117. The summed E-state index contributed by atoms with van der Waals surface area (Å²) < 4.78 is 5.20. The maximum Gasteiger partial charge on any atom is 0.271 e. The quantitative estimate of drug-likeness (QED) is 0.820. The van der Waals surface area contributed by atoms with Crippen LogP contribution in [0.2, 0.25) is 0 Å². The van der Waals surface area contributed by atoms with Crippen molar-refractivity contribution in [1.29, 1.82) is 0 Å². The smallest absolute Gasteiger partial charge is 0.271 e. The molecular formula is C18H27N5O3. The lowest BCUT2D eigenvalue weighted by Gasteiger charge is -2.46. The van der Waals surface area contributed by atoms with Crippen LogP contribution in [0.1, 0.15) is 23.3 Å². The van der Waals surface area contributed by atoms with Crippen molar-refractivity contribution >= 4 is 11.8 Å². The molecule has 1 spiro atoms. The fourth-order valence-electron chi connectivity index (χ4n) is 5.15. The minimum Gasteiger partial charge on any atom is -0.383 e. The molecule has 4 rings (SSSR count). The van der Waals surface area contributed by atoms with E-state index >= 15 is 0 Å². The summed E-state index contributed by atoms with van der Waals surface area (Å²) in [5.41, 5.74) is 0.412. The molecule has 8 heteroatoms. The van der Waals surface area contributed by atoms with Gasteiger partial charge in [0.1, 0.15) is 5.69 Å². The van der Waals surface area contributed by atoms with Gasteiger partial charge in [0, 0.05) is 59.0 Å². The van der Waals surface area contributed by atoms with Crippen LogP contribution in [0, 0.1) is 11.8 Å². The Labute approximate surface area is 153 Å². The molecule has 2 atom stereocenters. The molecule has 3 saturated heterocycles. The van der Waals surface area contributed by atoms with Gasteiger partial charge in [-0.05, 0) is 18.9 Å². The molecule has 26 heavy (non-hydrogen) atoms. The summed E-state index contributed by atoms with van der Waals surface area (Å²) in [6.45, 7) is 4.70. The van der Waals surface area contributed by atoms with Gasteiger partial charge in [-0.1, -0.05) is 0 Å². The SMILES string of the molecule is COCCN1CC2C(=O)N(C)C3(CCN(C(=O)c4ccn[nH]4)CC3)C2C1. The maximum absolute atomic E-state index is 12.9. The number of fused-ring (bicyclic) bond motifs is 2. The van der Waals surface area contributed by atoms with Gasteiger partial charge in [0.05, 0.1) is 18.1 Å². The van der Waals surface area contributed by atoms with Crippen molar-refractivity contribution in [3.05, 3.63) is 18.0 Å². The number of carbonyl (C=O) groups is 2. The van der Waals surface area contributed by atoms with E-state index < -0.39 is 0 Å². The van der Waals surface area contributed by atoms with Crippen molar-refractivity contribution in [1.82, 2.24) is 24.9 Å². The predicted molar refractivity (Wildman–Crippen MR) is 94.5 cm³/mol. The maximum atomic E-state index is 12.9. The van der Waals surface area contributed by atoms with E-state index in [1.165, 1.54) is 0 Å². The first-order valence-corrected chi connectivity index (χ1v) is 9.34. The summed E-state index contributed by atoms with van der Waals surface area (Å²) in [6, 6.07) is 1.71. The average molecular weight is 361 g/mol. The number of likely N-dealkylation sites (tertiary alicyclic amines) is 3. The van der Waals surface area contributed by atoms with Crippen LogP contribution < -0.4 is 0 Å². The second kappa shape index (κ2) is 6.66. The molecule has 1 N–H and O–H groups in total. The van der Waals surface area contributed by atoms with Crippen LogP contribution in [0.5, 0.6) is 0 Å². The van der Waals surface area contributed by atoms with Gasteiger partial charge in [-0.25, -0.2) is 0 Å². The van der Waals surface area contributed by atoms with Gasteiger partial charge in [-0.15, -0.1) is 0 Å². The lowest BCUT2D eigenvalue weighted by Crippen LogP contribution is -2.56. The number of carbonyl (C=O) groups excluding carboxylic acids is 2. The van der Waals surface area contributed by atoms with E-state index in [4.69, 9.17) is 4.74 Å². The Morgan fingerprint density at radius 3 is 2.81 bits per heavy atom. The topological polar surface area (TPSA) is 81.8 Å². The van der Waals surface area contributed by atoms with Crippen LogP contribution in [0.25, 0.3) is 0 Å². The second-order valence-electron chi connectivity index (χ2n) is 7.73. The number of rotatable bonds is 4. The third-order valence-corrected chi connectivity index (χ3v) is 6.66. The number of hydrogen-bond acceptors (Lipinski definition) is 5. The normalized spacial score (nSPS) is 28.2. The number of nitrogens with zero attached hydrogens (tertiary/aromatic N) is 4. The number of nitrogens with one attached hydrogen (secondary N) is 1. The van der Waals surface area contributed by atoms with Gasteiger partial charge in [-0.2, -0.15) is 5.10 Å². The van der Waals surface area contributed by atoms with Crippen LogP contribution in [-0.2, 0) is 9.53 Å². The largest absolute Gasteiger partial charge is 0.383 e. The summed E-state index contributed by atoms with van der Waals surface area (Å²) in [6.07, 6.45) is 3.28. The molecule has 2 amide bonds. The highest BCUT2D eigenvalue weighted by atomic mass is 16.5. The highest BCUT2D eigenvalue weighted by Crippen LogP contribution is 2.48. The van der Waals surface area contributed by atoms with Crippen molar-refractivity contribution in [2.75, 3.05) is 53.5 Å². The van der Waals surface area contributed by atoms with E-state index in [1.54, 1.807) is 19.4 Å². The number of ether oxygens (including phenoxy) is 1. The Kier molecular flexibility index (Phi) is 4.48. The Bertz CT molecular complexity index is 668.